The van der Waals surface area contributed by atoms with Gasteiger partial charge in [-0.25, -0.2) is 0 Å². The maximum Gasteiger partial charge on any atom is 0.0226 e. The molecule has 0 heterocycles. The summed E-state index contributed by atoms with van der Waals surface area (Å²) >= 11 is 0. The van der Waals surface area contributed by atoms with Crippen molar-refractivity contribution in [1.29, 1.82) is 0 Å². The highest BCUT2D eigenvalue weighted by Crippen LogP contribution is 2.50. The molecule has 0 aromatic heterocycles. The number of fused-ring (bicyclic) bond motifs is 3. The second kappa shape index (κ2) is 4.08. The Labute approximate surface area is 114 Å². The van der Waals surface area contributed by atoms with E-state index in [1.807, 2.05) is 0 Å². The summed E-state index contributed by atoms with van der Waals surface area (Å²) in [5, 5.41) is 2.73. The van der Waals surface area contributed by atoms with Crippen LogP contribution in [0.4, 0.5) is 0 Å². The molecule has 0 amide bonds. The molecule has 1 heteroatoms. The van der Waals surface area contributed by atoms with Gasteiger partial charge in [-0.3, -0.25) is 0 Å². The van der Waals surface area contributed by atoms with E-state index in [-0.39, 0.29) is 5.54 Å². The summed E-state index contributed by atoms with van der Waals surface area (Å²) in [5.74, 6) is 1.67. The first kappa shape index (κ1) is 11.5. The molecule has 4 rings (SSSR count). The van der Waals surface area contributed by atoms with Crippen LogP contribution in [0.1, 0.15) is 31.2 Å². The molecule has 0 saturated heterocycles. The van der Waals surface area contributed by atoms with Crippen LogP contribution in [0.25, 0.3) is 10.8 Å². The van der Waals surface area contributed by atoms with Gasteiger partial charge in [0.25, 0.3) is 0 Å². The summed E-state index contributed by atoms with van der Waals surface area (Å²) in [6, 6.07) is 15.3. The summed E-state index contributed by atoms with van der Waals surface area (Å²) in [5.41, 5.74) is 8.27. The summed E-state index contributed by atoms with van der Waals surface area (Å²) in [4.78, 5) is 0. The Morgan fingerprint density at radius 2 is 1.89 bits per heavy atom. The van der Waals surface area contributed by atoms with Crippen molar-refractivity contribution >= 4 is 10.8 Å². The SMILES string of the molecule is NC1(Cc2cccc3ccccc23)CC2CCC1C2. The zero-order valence-electron chi connectivity index (χ0n) is 11.3. The van der Waals surface area contributed by atoms with E-state index in [2.05, 4.69) is 42.5 Å². The van der Waals surface area contributed by atoms with Gasteiger partial charge in [0, 0.05) is 5.54 Å². The number of hydrogen-bond acceptors (Lipinski definition) is 1. The highest BCUT2D eigenvalue weighted by atomic mass is 14.8. The summed E-state index contributed by atoms with van der Waals surface area (Å²) in [6.07, 6.45) is 6.43. The average Bonchev–Trinajstić information content (AvgIpc) is 2.99. The molecule has 2 aromatic carbocycles. The van der Waals surface area contributed by atoms with E-state index >= 15 is 0 Å². The molecular weight excluding hydrogens is 230 g/mol. The van der Waals surface area contributed by atoms with Crippen molar-refractivity contribution in [3.63, 3.8) is 0 Å². The van der Waals surface area contributed by atoms with Crippen LogP contribution < -0.4 is 5.73 Å². The first-order valence-electron chi connectivity index (χ1n) is 7.50. The fraction of sp³-hybridized carbons (Fsp3) is 0.444. The minimum atomic E-state index is 0.0625. The van der Waals surface area contributed by atoms with Crippen LogP contribution in [0, 0.1) is 11.8 Å². The lowest BCUT2D eigenvalue weighted by atomic mass is 9.77. The van der Waals surface area contributed by atoms with Crippen LogP contribution in [0.3, 0.4) is 0 Å². The molecule has 2 bridgehead atoms. The molecule has 2 aliphatic carbocycles. The van der Waals surface area contributed by atoms with Gasteiger partial charge >= 0.3 is 0 Å². The van der Waals surface area contributed by atoms with E-state index in [1.165, 1.54) is 42.0 Å². The fourth-order valence-electron chi connectivity index (χ4n) is 4.50. The fourth-order valence-corrected chi connectivity index (χ4v) is 4.50. The van der Waals surface area contributed by atoms with Crippen molar-refractivity contribution in [1.82, 2.24) is 0 Å². The Bertz CT molecular complexity index is 613. The molecule has 2 aliphatic rings. The normalized spacial score (nSPS) is 33.1. The van der Waals surface area contributed by atoms with E-state index in [4.69, 9.17) is 5.73 Å². The van der Waals surface area contributed by atoms with Crippen LogP contribution in [-0.2, 0) is 6.42 Å². The van der Waals surface area contributed by atoms with E-state index in [0.717, 1.165) is 18.3 Å². The van der Waals surface area contributed by atoms with Crippen molar-refractivity contribution in [2.24, 2.45) is 17.6 Å². The molecule has 0 spiro atoms. The topological polar surface area (TPSA) is 26.0 Å². The lowest BCUT2D eigenvalue weighted by Crippen LogP contribution is -2.46. The van der Waals surface area contributed by atoms with Crippen molar-refractivity contribution in [2.75, 3.05) is 0 Å². The molecule has 2 aromatic rings. The predicted molar refractivity (Wildman–Crippen MR) is 80.0 cm³/mol. The molecule has 3 unspecified atom stereocenters. The third-order valence-electron chi connectivity index (χ3n) is 5.42. The Hall–Kier alpha value is -1.34. The summed E-state index contributed by atoms with van der Waals surface area (Å²) in [7, 11) is 0. The van der Waals surface area contributed by atoms with Crippen molar-refractivity contribution in [2.45, 2.75) is 37.6 Å². The van der Waals surface area contributed by atoms with Crippen LogP contribution in [0.5, 0.6) is 0 Å². The van der Waals surface area contributed by atoms with E-state index in [9.17, 15) is 0 Å². The van der Waals surface area contributed by atoms with Crippen molar-refractivity contribution < 1.29 is 0 Å². The van der Waals surface area contributed by atoms with Gasteiger partial charge < -0.3 is 5.73 Å². The highest BCUT2D eigenvalue weighted by Gasteiger charge is 2.48. The Kier molecular flexibility index (Phi) is 2.46. The Morgan fingerprint density at radius 3 is 2.68 bits per heavy atom. The van der Waals surface area contributed by atoms with E-state index < -0.39 is 0 Å². The highest BCUT2D eigenvalue weighted by molar-refractivity contribution is 5.85. The van der Waals surface area contributed by atoms with Gasteiger partial charge in [0.05, 0.1) is 0 Å². The van der Waals surface area contributed by atoms with Crippen LogP contribution in [0.2, 0.25) is 0 Å². The molecule has 2 N–H and O–H groups in total. The summed E-state index contributed by atoms with van der Waals surface area (Å²) in [6.45, 7) is 0. The molecule has 98 valence electrons. The van der Waals surface area contributed by atoms with Crippen molar-refractivity contribution in [3.05, 3.63) is 48.0 Å². The first-order chi connectivity index (χ1) is 9.24. The number of benzene rings is 2. The maximum atomic E-state index is 6.77. The lowest BCUT2D eigenvalue weighted by molar-refractivity contribution is 0.270. The number of hydrogen-bond donors (Lipinski definition) is 1. The van der Waals surface area contributed by atoms with Gasteiger partial charge in [-0.1, -0.05) is 48.9 Å². The van der Waals surface area contributed by atoms with Crippen molar-refractivity contribution in [3.8, 4) is 0 Å². The molecule has 3 atom stereocenters. The number of nitrogens with two attached hydrogens (primary N) is 1. The van der Waals surface area contributed by atoms with Crippen LogP contribution in [0.15, 0.2) is 42.5 Å². The maximum absolute atomic E-state index is 6.77. The summed E-state index contributed by atoms with van der Waals surface area (Å²) < 4.78 is 0. The third-order valence-corrected chi connectivity index (χ3v) is 5.42. The smallest absolute Gasteiger partial charge is 0.0226 e. The average molecular weight is 251 g/mol. The molecule has 2 fully saturated rings. The van der Waals surface area contributed by atoms with E-state index in [1.54, 1.807) is 0 Å². The minimum absolute atomic E-state index is 0.0625. The predicted octanol–water partition coefficient (Wildman–Crippen LogP) is 3.90. The van der Waals surface area contributed by atoms with Gasteiger partial charge in [-0.2, -0.15) is 0 Å². The standard InChI is InChI=1S/C18H21N/c19-18(11-13-8-9-16(18)10-13)12-15-6-3-5-14-4-1-2-7-17(14)15/h1-7,13,16H,8-12,19H2. The van der Waals surface area contributed by atoms with Gasteiger partial charge in [0.2, 0.25) is 0 Å². The third kappa shape index (κ3) is 1.80. The molecule has 0 aliphatic heterocycles. The molecule has 0 radical (unpaired) electrons. The molecular formula is C18H21N. The second-order valence-electron chi connectivity index (χ2n) is 6.63. The van der Waals surface area contributed by atoms with Gasteiger partial charge in [-0.15, -0.1) is 0 Å². The van der Waals surface area contributed by atoms with Crippen LogP contribution >= 0.6 is 0 Å². The minimum Gasteiger partial charge on any atom is -0.325 e. The molecule has 19 heavy (non-hydrogen) atoms. The Balaban J connectivity index is 1.72. The molecule has 1 nitrogen and oxygen atoms in total. The second-order valence-corrected chi connectivity index (χ2v) is 6.63. The lowest BCUT2D eigenvalue weighted by Gasteiger charge is -2.34. The van der Waals surface area contributed by atoms with Crippen LogP contribution in [-0.4, -0.2) is 5.54 Å². The van der Waals surface area contributed by atoms with E-state index in [0.29, 0.717) is 0 Å². The zero-order valence-corrected chi connectivity index (χ0v) is 11.3. The monoisotopic (exact) mass is 251 g/mol. The Morgan fingerprint density at radius 1 is 1.05 bits per heavy atom. The van der Waals surface area contributed by atoms with Gasteiger partial charge in [-0.05, 0) is 53.9 Å². The first-order valence-corrected chi connectivity index (χ1v) is 7.50. The quantitative estimate of drug-likeness (QED) is 0.860. The van der Waals surface area contributed by atoms with Gasteiger partial charge in [0.15, 0.2) is 0 Å². The largest absolute Gasteiger partial charge is 0.325 e. The molecule has 2 saturated carbocycles. The number of rotatable bonds is 2. The zero-order chi connectivity index (χ0) is 12.9. The van der Waals surface area contributed by atoms with Gasteiger partial charge in [0.1, 0.15) is 0 Å².